The van der Waals surface area contributed by atoms with Crippen LogP contribution in [0.4, 0.5) is 0 Å². The largest absolute Gasteiger partial charge is 0.493 e. The van der Waals surface area contributed by atoms with Gasteiger partial charge in [0.25, 0.3) is 0 Å². The summed E-state index contributed by atoms with van der Waals surface area (Å²) < 4.78 is 22.1. The summed E-state index contributed by atoms with van der Waals surface area (Å²) in [5.74, 6) is 2.25. The summed E-state index contributed by atoms with van der Waals surface area (Å²) in [7, 11) is 0. The summed E-state index contributed by atoms with van der Waals surface area (Å²) in [4.78, 5) is 0. The van der Waals surface area contributed by atoms with Gasteiger partial charge in [0.2, 0.25) is 6.79 Å². The highest BCUT2D eigenvalue weighted by atomic mass is 16.7. The number of rotatable bonds is 5. The van der Waals surface area contributed by atoms with E-state index in [1.807, 2.05) is 12.1 Å². The predicted molar refractivity (Wildman–Crippen MR) is 69.5 cm³/mol. The van der Waals surface area contributed by atoms with Crippen molar-refractivity contribution in [2.45, 2.75) is 31.9 Å². The van der Waals surface area contributed by atoms with Gasteiger partial charge in [0.1, 0.15) is 5.75 Å². The van der Waals surface area contributed by atoms with Crippen molar-refractivity contribution in [3.05, 3.63) is 17.7 Å². The van der Waals surface area contributed by atoms with Crippen LogP contribution in [0.25, 0.3) is 0 Å². The lowest BCUT2D eigenvalue weighted by molar-refractivity contribution is 0.0902. The molecule has 5 nitrogen and oxygen atoms in total. The van der Waals surface area contributed by atoms with Crippen LogP contribution in [0.3, 0.4) is 0 Å². The van der Waals surface area contributed by atoms with Gasteiger partial charge in [0.15, 0.2) is 11.5 Å². The van der Waals surface area contributed by atoms with Gasteiger partial charge < -0.3 is 24.7 Å². The van der Waals surface area contributed by atoms with Gasteiger partial charge in [-0.1, -0.05) is 0 Å². The molecule has 0 bridgehead atoms. The average Bonchev–Trinajstić information content (AvgIpc) is 3.08. The third kappa shape index (κ3) is 2.77. The Hall–Kier alpha value is -1.46. The van der Waals surface area contributed by atoms with Gasteiger partial charge in [-0.3, -0.25) is 0 Å². The molecule has 1 unspecified atom stereocenters. The number of fused-ring (bicyclic) bond motifs is 1. The van der Waals surface area contributed by atoms with E-state index in [0.717, 1.165) is 48.7 Å². The molecule has 1 fully saturated rings. The first kappa shape index (κ1) is 12.6. The van der Waals surface area contributed by atoms with E-state index in [1.165, 1.54) is 0 Å². The van der Waals surface area contributed by atoms with E-state index in [2.05, 4.69) is 0 Å². The van der Waals surface area contributed by atoms with Crippen molar-refractivity contribution < 1.29 is 18.9 Å². The van der Waals surface area contributed by atoms with Crippen molar-refractivity contribution in [1.29, 1.82) is 0 Å². The van der Waals surface area contributed by atoms with Crippen LogP contribution in [-0.2, 0) is 11.3 Å². The van der Waals surface area contributed by atoms with Gasteiger partial charge in [0.05, 0.1) is 12.7 Å². The molecule has 3 rings (SSSR count). The molecule has 1 aromatic carbocycles. The average molecular weight is 265 g/mol. The molecule has 1 atom stereocenters. The molecule has 0 saturated carbocycles. The van der Waals surface area contributed by atoms with Gasteiger partial charge in [0, 0.05) is 31.2 Å². The molecule has 5 heteroatoms. The first-order valence-electron chi connectivity index (χ1n) is 6.74. The van der Waals surface area contributed by atoms with Crippen molar-refractivity contribution >= 4 is 0 Å². The second kappa shape index (κ2) is 5.67. The maximum Gasteiger partial charge on any atom is 0.231 e. The first-order valence-corrected chi connectivity index (χ1v) is 6.74. The Bertz CT molecular complexity index is 443. The Kier molecular flexibility index (Phi) is 3.75. The number of hydrogen-bond acceptors (Lipinski definition) is 5. The molecular weight excluding hydrogens is 246 g/mol. The van der Waals surface area contributed by atoms with Crippen LogP contribution in [0.1, 0.15) is 24.8 Å². The van der Waals surface area contributed by atoms with E-state index in [1.54, 1.807) is 0 Å². The first-order chi connectivity index (χ1) is 9.36. The van der Waals surface area contributed by atoms with Gasteiger partial charge >= 0.3 is 0 Å². The second-order valence-corrected chi connectivity index (χ2v) is 4.79. The highest BCUT2D eigenvalue weighted by molar-refractivity contribution is 5.51. The summed E-state index contributed by atoms with van der Waals surface area (Å²) >= 11 is 0. The number of ether oxygens (including phenoxy) is 4. The fraction of sp³-hybridized carbons (Fsp3) is 0.571. The van der Waals surface area contributed by atoms with Crippen LogP contribution in [-0.4, -0.2) is 26.1 Å². The maximum atomic E-state index is 5.82. The maximum absolute atomic E-state index is 5.82. The topological polar surface area (TPSA) is 62.9 Å². The standard InChI is InChI=1S/C14H19NO4/c15-8-10-6-13-14(19-9-18-13)7-12(10)17-5-3-11-2-1-4-16-11/h6-7,11H,1-5,8-9,15H2. The van der Waals surface area contributed by atoms with Crippen molar-refractivity contribution in [3.63, 3.8) is 0 Å². The summed E-state index contributed by atoms with van der Waals surface area (Å²) in [5.41, 5.74) is 6.68. The van der Waals surface area contributed by atoms with Crippen LogP contribution >= 0.6 is 0 Å². The zero-order valence-electron chi connectivity index (χ0n) is 10.9. The van der Waals surface area contributed by atoms with E-state index in [-0.39, 0.29) is 6.79 Å². The summed E-state index contributed by atoms with van der Waals surface area (Å²) in [5, 5.41) is 0. The smallest absolute Gasteiger partial charge is 0.231 e. The number of nitrogens with two attached hydrogens (primary N) is 1. The molecule has 19 heavy (non-hydrogen) atoms. The molecule has 104 valence electrons. The molecule has 1 saturated heterocycles. The third-order valence-electron chi connectivity index (χ3n) is 3.50. The van der Waals surface area contributed by atoms with Crippen LogP contribution in [0.5, 0.6) is 17.2 Å². The van der Waals surface area contributed by atoms with Gasteiger partial charge in [-0.25, -0.2) is 0 Å². The predicted octanol–water partition coefficient (Wildman–Crippen LogP) is 1.82. The second-order valence-electron chi connectivity index (χ2n) is 4.79. The Labute approximate surface area is 112 Å². The third-order valence-corrected chi connectivity index (χ3v) is 3.50. The van der Waals surface area contributed by atoms with Crippen LogP contribution in [0.2, 0.25) is 0 Å². The molecule has 0 radical (unpaired) electrons. The Morgan fingerprint density at radius 2 is 2.11 bits per heavy atom. The van der Waals surface area contributed by atoms with Crippen LogP contribution in [0, 0.1) is 0 Å². The highest BCUT2D eigenvalue weighted by Crippen LogP contribution is 2.38. The van der Waals surface area contributed by atoms with Gasteiger partial charge in [-0.2, -0.15) is 0 Å². The molecule has 2 N–H and O–H groups in total. The molecule has 0 aromatic heterocycles. The molecule has 0 spiro atoms. The lowest BCUT2D eigenvalue weighted by atomic mass is 10.1. The fourth-order valence-electron chi connectivity index (χ4n) is 2.43. The number of benzene rings is 1. The summed E-state index contributed by atoms with van der Waals surface area (Å²) in [6.07, 6.45) is 3.55. The molecule has 2 heterocycles. The number of hydrogen-bond donors (Lipinski definition) is 1. The zero-order valence-corrected chi connectivity index (χ0v) is 10.9. The molecule has 2 aliphatic rings. The van der Waals surface area contributed by atoms with Gasteiger partial charge in [-0.15, -0.1) is 0 Å². The zero-order chi connectivity index (χ0) is 13.1. The molecule has 0 aliphatic carbocycles. The van der Waals surface area contributed by atoms with Crippen LogP contribution in [0.15, 0.2) is 12.1 Å². The minimum Gasteiger partial charge on any atom is -0.493 e. The van der Waals surface area contributed by atoms with Crippen molar-refractivity contribution in [1.82, 2.24) is 0 Å². The summed E-state index contributed by atoms with van der Waals surface area (Å²) in [6.45, 7) is 2.20. The van der Waals surface area contributed by atoms with E-state index >= 15 is 0 Å². The van der Waals surface area contributed by atoms with Crippen molar-refractivity contribution in [3.8, 4) is 17.2 Å². The monoisotopic (exact) mass is 265 g/mol. The van der Waals surface area contributed by atoms with E-state index in [4.69, 9.17) is 24.7 Å². The SMILES string of the molecule is NCc1cc2c(cc1OCCC1CCCO1)OCO2. The Morgan fingerprint density at radius 3 is 2.84 bits per heavy atom. The Balaban J connectivity index is 1.62. The van der Waals surface area contributed by atoms with Crippen LogP contribution < -0.4 is 19.9 Å². The Morgan fingerprint density at radius 1 is 1.26 bits per heavy atom. The molecule has 1 aromatic rings. The minimum atomic E-state index is 0.263. The van der Waals surface area contributed by atoms with Gasteiger partial charge in [-0.05, 0) is 18.9 Å². The lowest BCUT2D eigenvalue weighted by Crippen LogP contribution is -2.12. The van der Waals surface area contributed by atoms with E-state index in [0.29, 0.717) is 19.3 Å². The fourth-order valence-corrected chi connectivity index (χ4v) is 2.43. The normalized spacial score (nSPS) is 20.8. The molecule has 2 aliphatic heterocycles. The van der Waals surface area contributed by atoms with Crippen molar-refractivity contribution in [2.24, 2.45) is 5.73 Å². The quantitative estimate of drug-likeness (QED) is 0.880. The van der Waals surface area contributed by atoms with E-state index in [9.17, 15) is 0 Å². The molecule has 0 amide bonds. The highest BCUT2D eigenvalue weighted by Gasteiger charge is 2.19. The minimum absolute atomic E-state index is 0.263. The molecular formula is C14H19NO4. The lowest BCUT2D eigenvalue weighted by Gasteiger charge is -2.13. The summed E-state index contributed by atoms with van der Waals surface area (Å²) in [6, 6.07) is 3.75. The van der Waals surface area contributed by atoms with E-state index < -0.39 is 0 Å². The van der Waals surface area contributed by atoms with Crippen molar-refractivity contribution in [2.75, 3.05) is 20.0 Å².